The number of aliphatic carboxylic acids is 1. The zero-order chi connectivity index (χ0) is 29.3. The molecule has 0 aliphatic carbocycles. The van der Waals surface area contributed by atoms with Crippen molar-refractivity contribution in [2.24, 2.45) is 5.92 Å². The van der Waals surface area contributed by atoms with E-state index in [1.54, 1.807) is 32.0 Å². The van der Waals surface area contributed by atoms with Crippen LogP contribution in [0, 0.1) is 28.9 Å². The van der Waals surface area contributed by atoms with E-state index in [-0.39, 0.29) is 27.7 Å². The molecule has 0 radical (unpaired) electrons. The van der Waals surface area contributed by atoms with Gasteiger partial charge in [0.2, 0.25) is 11.7 Å². The molecule has 5 N–H and O–H groups in total. The number of hydrogen-bond acceptors (Lipinski definition) is 8. The summed E-state index contributed by atoms with van der Waals surface area (Å²) in [6.45, 7) is 2.28. The first-order valence-corrected chi connectivity index (χ1v) is 12.2. The first-order valence-electron chi connectivity index (χ1n) is 12.2. The van der Waals surface area contributed by atoms with Gasteiger partial charge in [0.05, 0.1) is 18.7 Å². The van der Waals surface area contributed by atoms with E-state index in [2.05, 4.69) is 10.4 Å². The third-order valence-corrected chi connectivity index (χ3v) is 6.56. The van der Waals surface area contributed by atoms with Crippen LogP contribution in [0.1, 0.15) is 25.6 Å². The number of nitrogens with zero attached hydrogens (tertiary/aromatic N) is 3. The number of aliphatic hydroxyl groups excluding tert-OH is 3. The molecule has 0 saturated heterocycles. The molecule has 1 aliphatic rings. The molecule has 210 valence electrons. The number of halogens is 2. The summed E-state index contributed by atoms with van der Waals surface area (Å²) >= 11 is 0. The number of carbonyl (C=O) groups is 2. The number of ether oxygens (including phenoxy) is 1. The summed E-state index contributed by atoms with van der Waals surface area (Å²) in [5.74, 6) is -4.95. The molecule has 11 nitrogen and oxygen atoms in total. The first-order chi connectivity index (χ1) is 19.0. The molecular formula is C27H26F2N4O7. The van der Waals surface area contributed by atoms with Gasteiger partial charge in [0, 0.05) is 22.9 Å². The van der Waals surface area contributed by atoms with Crippen molar-refractivity contribution in [2.75, 3.05) is 6.61 Å². The number of amides is 1. The van der Waals surface area contributed by atoms with Crippen LogP contribution in [0.2, 0.25) is 0 Å². The van der Waals surface area contributed by atoms with Crippen molar-refractivity contribution in [1.29, 1.82) is 5.26 Å². The molecule has 2 aromatic carbocycles. The topological polar surface area (TPSA) is 178 Å². The van der Waals surface area contributed by atoms with Crippen molar-refractivity contribution < 1.29 is 43.5 Å². The number of carbonyl (C=O) groups excluding carboxylic acids is 1. The van der Waals surface area contributed by atoms with Crippen LogP contribution in [0.3, 0.4) is 0 Å². The van der Waals surface area contributed by atoms with Crippen molar-refractivity contribution in [3.8, 4) is 17.2 Å². The fraction of sp³-hybridized carbons (Fsp3) is 0.333. The Morgan fingerprint density at radius 2 is 1.88 bits per heavy atom. The summed E-state index contributed by atoms with van der Waals surface area (Å²) in [6.07, 6.45) is -4.13. The molecule has 1 aromatic heterocycles. The predicted molar refractivity (Wildman–Crippen MR) is 135 cm³/mol. The van der Waals surface area contributed by atoms with Gasteiger partial charge in [-0.25, -0.2) is 18.3 Å². The van der Waals surface area contributed by atoms with Crippen LogP contribution in [0.15, 0.2) is 48.2 Å². The summed E-state index contributed by atoms with van der Waals surface area (Å²) < 4.78 is 34.6. The molecule has 0 unspecified atom stereocenters. The maximum absolute atomic E-state index is 14.0. The van der Waals surface area contributed by atoms with Gasteiger partial charge in [0.1, 0.15) is 47.2 Å². The maximum atomic E-state index is 14.0. The Labute approximate surface area is 226 Å². The van der Waals surface area contributed by atoms with Crippen molar-refractivity contribution in [3.05, 3.63) is 65.6 Å². The SMILES string of the molecule is CC(C)C(=O)N[C@H]1[C@H]([C@H](O)[C@H](O)CO)OC(C(=O)O)=C[C@@H]1n1nc2c(-c3cc(F)cc(F)c3)cccc2c1C#N. The van der Waals surface area contributed by atoms with Crippen LogP contribution < -0.4 is 5.32 Å². The first kappa shape index (κ1) is 28.6. The lowest BCUT2D eigenvalue weighted by molar-refractivity contribution is -0.147. The van der Waals surface area contributed by atoms with Gasteiger partial charge in [0.25, 0.3) is 0 Å². The Morgan fingerprint density at radius 1 is 1.20 bits per heavy atom. The Bertz CT molecular complexity index is 1510. The van der Waals surface area contributed by atoms with Gasteiger partial charge in [-0.1, -0.05) is 26.0 Å². The molecule has 3 aromatic rings. The van der Waals surface area contributed by atoms with Crippen LogP contribution in [-0.2, 0) is 14.3 Å². The van der Waals surface area contributed by atoms with E-state index >= 15 is 0 Å². The highest BCUT2D eigenvalue weighted by atomic mass is 19.1. The number of fused-ring (bicyclic) bond motifs is 1. The summed E-state index contributed by atoms with van der Waals surface area (Å²) in [5, 5.41) is 57.6. The van der Waals surface area contributed by atoms with Crippen LogP contribution in [-0.4, -0.2) is 73.0 Å². The van der Waals surface area contributed by atoms with E-state index in [1.807, 2.05) is 6.07 Å². The molecule has 1 aliphatic heterocycles. The molecule has 1 amide bonds. The molecule has 0 bridgehead atoms. The van der Waals surface area contributed by atoms with Gasteiger partial charge in [0.15, 0.2) is 0 Å². The van der Waals surface area contributed by atoms with E-state index in [9.17, 15) is 44.1 Å². The van der Waals surface area contributed by atoms with Crippen LogP contribution >= 0.6 is 0 Å². The fourth-order valence-corrected chi connectivity index (χ4v) is 4.56. The van der Waals surface area contributed by atoms with Crippen molar-refractivity contribution in [3.63, 3.8) is 0 Å². The monoisotopic (exact) mass is 556 g/mol. The van der Waals surface area contributed by atoms with E-state index in [0.29, 0.717) is 6.07 Å². The number of hydrogen-bond donors (Lipinski definition) is 5. The van der Waals surface area contributed by atoms with Crippen molar-refractivity contribution >= 4 is 22.8 Å². The van der Waals surface area contributed by atoms with Gasteiger partial charge in [-0.3, -0.25) is 4.79 Å². The summed E-state index contributed by atoms with van der Waals surface area (Å²) in [6, 6.07) is 6.99. The Kier molecular flexibility index (Phi) is 8.15. The number of nitrogens with one attached hydrogen (secondary N) is 1. The normalized spacial score (nSPS) is 20.4. The zero-order valence-corrected chi connectivity index (χ0v) is 21.3. The number of carboxylic acids is 1. The fourth-order valence-electron chi connectivity index (χ4n) is 4.56. The summed E-state index contributed by atoms with van der Waals surface area (Å²) in [7, 11) is 0. The van der Waals surface area contributed by atoms with E-state index in [1.165, 1.54) is 0 Å². The van der Waals surface area contributed by atoms with Crippen LogP contribution in [0.4, 0.5) is 8.78 Å². The Morgan fingerprint density at radius 3 is 2.45 bits per heavy atom. The lowest BCUT2D eigenvalue weighted by atomic mass is 9.91. The van der Waals surface area contributed by atoms with Gasteiger partial charge < -0.3 is 30.5 Å². The quantitative estimate of drug-likeness (QED) is 0.276. The average molecular weight is 557 g/mol. The third kappa shape index (κ3) is 5.37. The summed E-state index contributed by atoms with van der Waals surface area (Å²) in [5.41, 5.74) is 0.481. The Hall–Kier alpha value is -4.38. The highest BCUT2D eigenvalue weighted by molar-refractivity contribution is 5.96. The molecule has 2 heterocycles. The number of benzene rings is 2. The number of rotatable bonds is 8. The van der Waals surface area contributed by atoms with E-state index in [4.69, 9.17) is 4.74 Å². The number of aromatic nitrogens is 2. The van der Waals surface area contributed by atoms with Crippen molar-refractivity contribution in [2.45, 2.75) is 44.2 Å². The highest BCUT2D eigenvalue weighted by Gasteiger charge is 2.45. The lowest BCUT2D eigenvalue weighted by Crippen LogP contribution is -2.59. The Balaban J connectivity index is 1.97. The minimum absolute atomic E-state index is 0.0821. The maximum Gasteiger partial charge on any atom is 0.370 e. The number of nitriles is 1. The van der Waals surface area contributed by atoms with Crippen LogP contribution in [0.5, 0.6) is 0 Å². The van der Waals surface area contributed by atoms with Gasteiger partial charge >= 0.3 is 5.97 Å². The van der Waals surface area contributed by atoms with Crippen molar-refractivity contribution in [1.82, 2.24) is 15.1 Å². The molecule has 5 atom stereocenters. The second kappa shape index (κ2) is 11.4. The number of carboxylic acid groups (broad SMARTS) is 1. The smallest absolute Gasteiger partial charge is 0.370 e. The minimum Gasteiger partial charge on any atom is -0.478 e. The predicted octanol–water partition coefficient (Wildman–Crippen LogP) is 1.62. The zero-order valence-electron chi connectivity index (χ0n) is 21.3. The summed E-state index contributed by atoms with van der Waals surface area (Å²) in [4.78, 5) is 24.7. The average Bonchev–Trinajstić information content (AvgIpc) is 3.29. The minimum atomic E-state index is -1.87. The second-order valence-corrected chi connectivity index (χ2v) is 9.60. The molecule has 13 heteroatoms. The third-order valence-electron chi connectivity index (χ3n) is 6.56. The lowest BCUT2D eigenvalue weighted by Gasteiger charge is -2.40. The van der Waals surface area contributed by atoms with E-state index in [0.717, 1.165) is 22.9 Å². The van der Waals surface area contributed by atoms with E-state index < -0.39 is 72.2 Å². The molecule has 4 rings (SSSR count). The number of aliphatic hydroxyl groups is 3. The van der Waals surface area contributed by atoms with Gasteiger partial charge in [-0.15, -0.1) is 0 Å². The standard InChI is InChI=1S/C27H26F2N4O7/c1-12(2)26(37)31-23-18(9-21(27(38)39)40-25(23)24(36)20(35)11-34)33-19(10-30)17-5-3-4-16(22(17)32-33)13-6-14(28)8-15(29)7-13/h3-9,12,18,20,23-25,34-36H,11H2,1-2H3,(H,31,37)(H,38,39)/t18-,20+,23+,24+,25+/m0/s1. The molecule has 40 heavy (non-hydrogen) atoms. The molecule has 0 spiro atoms. The molecular weight excluding hydrogens is 530 g/mol. The second-order valence-electron chi connectivity index (χ2n) is 9.60. The van der Waals surface area contributed by atoms with Gasteiger partial charge in [-0.2, -0.15) is 10.4 Å². The van der Waals surface area contributed by atoms with Crippen LogP contribution in [0.25, 0.3) is 22.0 Å². The molecule has 0 fully saturated rings. The van der Waals surface area contributed by atoms with Gasteiger partial charge in [-0.05, 0) is 29.8 Å². The highest BCUT2D eigenvalue weighted by Crippen LogP contribution is 2.36. The largest absolute Gasteiger partial charge is 0.478 e. The molecule has 0 saturated carbocycles.